The number of hydrogen-bond acceptors (Lipinski definition) is 2. The van der Waals surface area contributed by atoms with E-state index in [1.54, 1.807) is 12.1 Å². The van der Waals surface area contributed by atoms with Crippen molar-refractivity contribution in [2.45, 2.75) is 32.6 Å². The second-order valence-corrected chi connectivity index (χ2v) is 4.47. The molecule has 3 nitrogen and oxygen atoms in total. The number of rotatable bonds is 9. The highest BCUT2D eigenvalue weighted by molar-refractivity contribution is 5.78. The Hall–Kier alpha value is -1.42. The molecule has 0 saturated heterocycles. The number of hydrogen-bond donors (Lipinski definition) is 1. The van der Waals surface area contributed by atoms with E-state index < -0.39 is 0 Å². The smallest absolute Gasteiger partial charge is 0.224 e. The van der Waals surface area contributed by atoms with Crippen molar-refractivity contribution in [2.75, 3.05) is 19.8 Å². The Labute approximate surface area is 114 Å². The maximum atomic E-state index is 12.7. The second kappa shape index (κ2) is 9.50. The molecular weight excluding hydrogens is 245 g/mol. The lowest BCUT2D eigenvalue weighted by Crippen LogP contribution is -2.26. The monoisotopic (exact) mass is 267 g/mol. The van der Waals surface area contributed by atoms with Gasteiger partial charge in [-0.3, -0.25) is 4.79 Å². The molecular formula is C15H22FNO2. The van der Waals surface area contributed by atoms with Gasteiger partial charge >= 0.3 is 0 Å². The summed E-state index contributed by atoms with van der Waals surface area (Å²) in [6, 6.07) is 5.99. The third kappa shape index (κ3) is 7.57. The van der Waals surface area contributed by atoms with Gasteiger partial charge in [-0.05, 0) is 30.5 Å². The van der Waals surface area contributed by atoms with Crippen LogP contribution in [0.15, 0.2) is 24.3 Å². The van der Waals surface area contributed by atoms with Crippen LogP contribution < -0.4 is 5.32 Å². The van der Waals surface area contributed by atoms with Gasteiger partial charge in [-0.15, -0.1) is 0 Å². The highest BCUT2D eigenvalue weighted by Crippen LogP contribution is 2.03. The zero-order valence-corrected chi connectivity index (χ0v) is 11.5. The average Bonchev–Trinajstić information content (AvgIpc) is 2.40. The van der Waals surface area contributed by atoms with Crippen LogP contribution in [0.4, 0.5) is 4.39 Å². The molecule has 0 heterocycles. The normalized spacial score (nSPS) is 10.4. The predicted octanol–water partition coefficient (Wildman–Crippen LogP) is 2.69. The van der Waals surface area contributed by atoms with E-state index in [0.717, 1.165) is 31.4 Å². The first-order chi connectivity index (χ1) is 9.22. The molecule has 0 saturated carbocycles. The minimum Gasteiger partial charge on any atom is -0.381 e. The first-order valence-corrected chi connectivity index (χ1v) is 6.81. The molecule has 0 unspecified atom stereocenters. The molecule has 0 aliphatic carbocycles. The number of nitrogens with one attached hydrogen (secondary N) is 1. The molecule has 0 bridgehead atoms. The van der Waals surface area contributed by atoms with Crippen molar-refractivity contribution in [1.29, 1.82) is 0 Å². The van der Waals surface area contributed by atoms with Gasteiger partial charge in [0.1, 0.15) is 5.82 Å². The minimum absolute atomic E-state index is 0.0415. The van der Waals surface area contributed by atoms with Crippen molar-refractivity contribution in [1.82, 2.24) is 5.32 Å². The number of ether oxygens (including phenoxy) is 1. The standard InChI is InChI=1S/C15H22FNO2/c1-2-3-10-19-11-4-9-17-15(18)12-13-5-7-14(16)8-6-13/h5-8H,2-4,9-12H2,1H3,(H,17,18). The van der Waals surface area contributed by atoms with E-state index in [0.29, 0.717) is 13.2 Å². The Kier molecular flexibility index (Phi) is 7.82. The lowest BCUT2D eigenvalue weighted by Gasteiger charge is -2.06. The maximum Gasteiger partial charge on any atom is 0.224 e. The second-order valence-electron chi connectivity index (χ2n) is 4.47. The fourth-order valence-corrected chi connectivity index (χ4v) is 1.60. The molecule has 0 spiro atoms. The van der Waals surface area contributed by atoms with Crippen molar-refractivity contribution < 1.29 is 13.9 Å². The van der Waals surface area contributed by atoms with E-state index >= 15 is 0 Å². The molecule has 0 aliphatic rings. The lowest BCUT2D eigenvalue weighted by molar-refractivity contribution is -0.120. The number of amides is 1. The predicted molar refractivity (Wildman–Crippen MR) is 73.5 cm³/mol. The maximum absolute atomic E-state index is 12.7. The molecule has 1 N–H and O–H groups in total. The quantitative estimate of drug-likeness (QED) is 0.699. The Morgan fingerprint density at radius 3 is 2.58 bits per heavy atom. The summed E-state index contributed by atoms with van der Waals surface area (Å²) in [5.41, 5.74) is 0.818. The summed E-state index contributed by atoms with van der Waals surface area (Å²) >= 11 is 0. The first-order valence-electron chi connectivity index (χ1n) is 6.81. The van der Waals surface area contributed by atoms with E-state index in [4.69, 9.17) is 4.74 Å². The van der Waals surface area contributed by atoms with Crippen molar-refractivity contribution >= 4 is 5.91 Å². The van der Waals surface area contributed by atoms with Gasteiger partial charge in [0, 0.05) is 19.8 Å². The van der Waals surface area contributed by atoms with Gasteiger partial charge in [-0.25, -0.2) is 4.39 Å². The Morgan fingerprint density at radius 1 is 1.21 bits per heavy atom. The molecule has 0 aromatic heterocycles. The van der Waals surface area contributed by atoms with E-state index in [1.807, 2.05) is 0 Å². The van der Waals surface area contributed by atoms with Gasteiger partial charge in [0.2, 0.25) is 5.91 Å². The molecule has 0 fully saturated rings. The molecule has 1 aromatic carbocycles. The van der Waals surface area contributed by atoms with Gasteiger partial charge in [0.05, 0.1) is 6.42 Å². The lowest BCUT2D eigenvalue weighted by atomic mass is 10.1. The number of halogens is 1. The van der Waals surface area contributed by atoms with Crippen molar-refractivity contribution in [3.63, 3.8) is 0 Å². The Balaban J connectivity index is 2.06. The van der Waals surface area contributed by atoms with E-state index in [2.05, 4.69) is 12.2 Å². The molecule has 4 heteroatoms. The number of unbranched alkanes of at least 4 members (excludes halogenated alkanes) is 1. The average molecular weight is 267 g/mol. The minimum atomic E-state index is -0.284. The zero-order valence-electron chi connectivity index (χ0n) is 11.5. The topological polar surface area (TPSA) is 38.3 Å². The zero-order chi connectivity index (χ0) is 13.9. The van der Waals surface area contributed by atoms with E-state index in [1.165, 1.54) is 12.1 Å². The summed E-state index contributed by atoms with van der Waals surface area (Å²) in [7, 11) is 0. The molecule has 0 atom stereocenters. The van der Waals surface area contributed by atoms with Crippen LogP contribution in [-0.2, 0) is 16.0 Å². The van der Waals surface area contributed by atoms with Gasteiger partial charge in [-0.1, -0.05) is 25.5 Å². The highest BCUT2D eigenvalue weighted by Gasteiger charge is 2.02. The van der Waals surface area contributed by atoms with Crippen molar-refractivity contribution in [3.8, 4) is 0 Å². The van der Waals surface area contributed by atoms with Crippen LogP contribution in [0.2, 0.25) is 0 Å². The van der Waals surface area contributed by atoms with Crippen LogP contribution >= 0.6 is 0 Å². The molecule has 106 valence electrons. The molecule has 1 rings (SSSR count). The van der Waals surface area contributed by atoms with Gasteiger partial charge in [-0.2, -0.15) is 0 Å². The van der Waals surface area contributed by atoms with Crippen LogP contribution in [-0.4, -0.2) is 25.7 Å². The highest BCUT2D eigenvalue weighted by atomic mass is 19.1. The van der Waals surface area contributed by atoms with Gasteiger partial charge < -0.3 is 10.1 Å². The largest absolute Gasteiger partial charge is 0.381 e. The summed E-state index contributed by atoms with van der Waals surface area (Å²) in [4.78, 5) is 11.6. The van der Waals surface area contributed by atoms with Crippen LogP contribution in [0.3, 0.4) is 0 Å². The Morgan fingerprint density at radius 2 is 1.89 bits per heavy atom. The number of carbonyl (C=O) groups excluding carboxylic acids is 1. The van der Waals surface area contributed by atoms with Crippen LogP contribution in [0.25, 0.3) is 0 Å². The summed E-state index contributed by atoms with van der Waals surface area (Å²) in [6.45, 7) is 4.21. The fraction of sp³-hybridized carbons (Fsp3) is 0.533. The molecule has 1 aromatic rings. The summed E-state index contributed by atoms with van der Waals surface area (Å²) in [5.74, 6) is -0.325. The van der Waals surface area contributed by atoms with E-state index in [9.17, 15) is 9.18 Å². The molecule has 0 radical (unpaired) electrons. The SMILES string of the molecule is CCCCOCCCNC(=O)Cc1ccc(F)cc1. The summed E-state index contributed by atoms with van der Waals surface area (Å²) in [5, 5.41) is 2.82. The molecule has 0 aliphatic heterocycles. The summed E-state index contributed by atoms with van der Waals surface area (Å²) in [6.07, 6.45) is 3.32. The van der Waals surface area contributed by atoms with Gasteiger partial charge in [0.15, 0.2) is 0 Å². The van der Waals surface area contributed by atoms with E-state index in [-0.39, 0.29) is 18.1 Å². The third-order valence-corrected chi connectivity index (χ3v) is 2.71. The van der Waals surface area contributed by atoms with Gasteiger partial charge in [0.25, 0.3) is 0 Å². The molecule has 19 heavy (non-hydrogen) atoms. The number of benzene rings is 1. The first kappa shape index (κ1) is 15.6. The van der Waals surface area contributed by atoms with Crippen LogP contribution in [0.1, 0.15) is 31.7 Å². The van der Waals surface area contributed by atoms with Crippen molar-refractivity contribution in [3.05, 3.63) is 35.6 Å². The van der Waals surface area contributed by atoms with Crippen LogP contribution in [0, 0.1) is 5.82 Å². The van der Waals surface area contributed by atoms with Crippen molar-refractivity contribution in [2.24, 2.45) is 0 Å². The third-order valence-electron chi connectivity index (χ3n) is 2.71. The fourth-order valence-electron chi connectivity index (χ4n) is 1.60. The number of carbonyl (C=O) groups is 1. The van der Waals surface area contributed by atoms with Crippen LogP contribution in [0.5, 0.6) is 0 Å². The summed E-state index contributed by atoms with van der Waals surface area (Å²) < 4.78 is 18.1. The Bertz CT molecular complexity index is 365. The molecule has 1 amide bonds.